The van der Waals surface area contributed by atoms with Crippen molar-refractivity contribution in [2.75, 3.05) is 6.54 Å². The number of nitrogens with zero attached hydrogens (tertiary/aromatic N) is 1. The molecule has 0 aliphatic carbocycles. The van der Waals surface area contributed by atoms with Crippen LogP contribution in [0.15, 0.2) is 15.9 Å². The Morgan fingerprint density at radius 1 is 1.71 bits per heavy atom. The third kappa shape index (κ3) is 2.56. The summed E-state index contributed by atoms with van der Waals surface area (Å²) in [5.74, 6) is 0.0981. The first-order valence-corrected chi connectivity index (χ1v) is 7.30. The van der Waals surface area contributed by atoms with Gasteiger partial charge in [-0.25, -0.2) is 0 Å². The van der Waals surface area contributed by atoms with Crippen molar-refractivity contribution in [1.82, 2.24) is 4.90 Å². The summed E-state index contributed by atoms with van der Waals surface area (Å²) in [6.07, 6.45) is 0.681. The molecular formula is C12H16BrNO2S. The van der Waals surface area contributed by atoms with Crippen LogP contribution in [0.5, 0.6) is 0 Å². The van der Waals surface area contributed by atoms with Gasteiger partial charge in [-0.05, 0) is 42.3 Å². The number of carbonyl (C=O) groups excluding carboxylic acids is 1. The number of thiophene rings is 1. The van der Waals surface area contributed by atoms with Crippen LogP contribution in [-0.4, -0.2) is 34.1 Å². The Bertz CT molecular complexity index is 430. The molecule has 1 aromatic rings. The molecule has 94 valence electrons. The molecule has 1 aliphatic heterocycles. The lowest BCUT2D eigenvalue weighted by Gasteiger charge is -2.33. The molecule has 1 aliphatic rings. The third-order valence-electron chi connectivity index (χ3n) is 3.39. The van der Waals surface area contributed by atoms with E-state index in [0.29, 0.717) is 19.4 Å². The number of rotatable bonds is 2. The number of aliphatic hydroxyl groups is 1. The second-order valence-electron chi connectivity index (χ2n) is 4.91. The number of aliphatic hydroxyl groups excluding tert-OH is 1. The highest BCUT2D eigenvalue weighted by atomic mass is 79.9. The Balaban J connectivity index is 2.06. The van der Waals surface area contributed by atoms with Gasteiger partial charge in [0.1, 0.15) is 0 Å². The fourth-order valence-corrected chi connectivity index (χ4v) is 3.65. The maximum Gasteiger partial charge on any atom is 0.228 e. The van der Waals surface area contributed by atoms with Gasteiger partial charge in [0.25, 0.3) is 0 Å². The lowest BCUT2D eigenvalue weighted by Crippen LogP contribution is -2.48. The van der Waals surface area contributed by atoms with Gasteiger partial charge in [-0.2, -0.15) is 0 Å². The van der Waals surface area contributed by atoms with Crippen LogP contribution in [0.4, 0.5) is 0 Å². The number of carbonyl (C=O) groups is 1. The standard InChI is InChI=1S/C12H16BrNO2S/c1-12(2)10(15)3-4-14(12)11(16)6-9-5-8(13)7-17-9/h5,7,10,15H,3-4,6H2,1-2H3. The Labute approximate surface area is 114 Å². The summed E-state index contributed by atoms with van der Waals surface area (Å²) in [6.45, 7) is 4.50. The molecule has 0 spiro atoms. The molecule has 1 N–H and O–H groups in total. The van der Waals surface area contributed by atoms with E-state index in [0.717, 1.165) is 9.35 Å². The van der Waals surface area contributed by atoms with E-state index in [4.69, 9.17) is 0 Å². The normalized spacial score (nSPS) is 23.1. The lowest BCUT2D eigenvalue weighted by atomic mass is 9.98. The minimum atomic E-state index is -0.439. The molecule has 1 atom stereocenters. The molecule has 0 radical (unpaired) electrons. The maximum absolute atomic E-state index is 12.2. The molecule has 0 aromatic carbocycles. The highest BCUT2D eigenvalue weighted by Crippen LogP contribution is 2.30. The predicted molar refractivity (Wildman–Crippen MR) is 72.1 cm³/mol. The van der Waals surface area contributed by atoms with Crippen molar-refractivity contribution < 1.29 is 9.90 Å². The molecular weight excluding hydrogens is 302 g/mol. The Kier molecular flexibility index (Phi) is 3.61. The van der Waals surface area contributed by atoms with Crippen molar-refractivity contribution >= 4 is 33.2 Å². The molecule has 2 rings (SSSR count). The van der Waals surface area contributed by atoms with E-state index >= 15 is 0 Å². The highest BCUT2D eigenvalue weighted by Gasteiger charge is 2.42. The first-order chi connectivity index (χ1) is 7.91. The molecule has 1 unspecified atom stereocenters. The molecule has 1 aromatic heterocycles. The number of halogens is 1. The van der Waals surface area contributed by atoms with E-state index in [1.165, 1.54) is 0 Å². The van der Waals surface area contributed by atoms with Crippen molar-refractivity contribution in [2.45, 2.75) is 38.3 Å². The van der Waals surface area contributed by atoms with Gasteiger partial charge in [0.2, 0.25) is 5.91 Å². The largest absolute Gasteiger partial charge is 0.391 e. The van der Waals surface area contributed by atoms with Gasteiger partial charge in [-0.3, -0.25) is 4.79 Å². The van der Waals surface area contributed by atoms with Crippen LogP contribution >= 0.6 is 27.3 Å². The Hall–Kier alpha value is -0.390. The third-order valence-corrected chi connectivity index (χ3v) is 5.08. The average Bonchev–Trinajstić information content (AvgIpc) is 2.73. The van der Waals surface area contributed by atoms with Crippen LogP contribution in [0.1, 0.15) is 25.1 Å². The lowest BCUT2D eigenvalue weighted by molar-refractivity contribution is -0.135. The fourth-order valence-electron chi connectivity index (χ4n) is 2.21. The highest BCUT2D eigenvalue weighted by molar-refractivity contribution is 9.10. The molecule has 1 fully saturated rings. The summed E-state index contributed by atoms with van der Waals surface area (Å²) < 4.78 is 1.02. The quantitative estimate of drug-likeness (QED) is 0.910. The molecule has 17 heavy (non-hydrogen) atoms. The van der Waals surface area contributed by atoms with Crippen LogP contribution in [0.2, 0.25) is 0 Å². The summed E-state index contributed by atoms with van der Waals surface area (Å²) >= 11 is 4.96. The zero-order valence-electron chi connectivity index (χ0n) is 9.94. The number of hydrogen-bond acceptors (Lipinski definition) is 3. The zero-order valence-corrected chi connectivity index (χ0v) is 12.3. The zero-order chi connectivity index (χ0) is 12.6. The van der Waals surface area contributed by atoms with Gasteiger partial charge in [0.15, 0.2) is 0 Å². The van der Waals surface area contributed by atoms with E-state index < -0.39 is 11.6 Å². The number of likely N-dealkylation sites (tertiary alicyclic amines) is 1. The molecule has 2 heterocycles. The minimum absolute atomic E-state index is 0.0981. The minimum Gasteiger partial charge on any atom is -0.391 e. The molecule has 3 nitrogen and oxygen atoms in total. The van der Waals surface area contributed by atoms with E-state index in [9.17, 15) is 9.90 Å². The summed E-state index contributed by atoms with van der Waals surface area (Å²) in [4.78, 5) is 15.0. The summed E-state index contributed by atoms with van der Waals surface area (Å²) in [7, 11) is 0. The van der Waals surface area contributed by atoms with Crippen molar-refractivity contribution in [3.05, 3.63) is 20.8 Å². The van der Waals surface area contributed by atoms with E-state index in [2.05, 4.69) is 15.9 Å². The number of amides is 1. The fraction of sp³-hybridized carbons (Fsp3) is 0.583. The average molecular weight is 318 g/mol. The second kappa shape index (κ2) is 4.71. The predicted octanol–water partition coefficient (Wildman–Crippen LogP) is 2.42. The first kappa shape index (κ1) is 13.1. The van der Waals surface area contributed by atoms with Gasteiger partial charge in [0.05, 0.1) is 18.1 Å². The topological polar surface area (TPSA) is 40.5 Å². The van der Waals surface area contributed by atoms with Crippen LogP contribution < -0.4 is 0 Å². The molecule has 0 bridgehead atoms. The Morgan fingerprint density at radius 3 is 2.88 bits per heavy atom. The molecule has 5 heteroatoms. The van der Waals surface area contributed by atoms with Gasteiger partial charge >= 0.3 is 0 Å². The summed E-state index contributed by atoms with van der Waals surface area (Å²) in [6, 6.07) is 1.97. The van der Waals surface area contributed by atoms with E-state index in [1.807, 2.05) is 25.3 Å². The van der Waals surface area contributed by atoms with Gasteiger partial charge in [-0.15, -0.1) is 11.3 Å². The smallest absolute Gasteiger partial charge is 0.228 e. The monoisotopic (exact) mass is 317 g/mol. The number of hydrogen-bond donors (Lipinski definition) is 1. The maximum atomic E-state index is 12.2. The second-order valence-corrected chi connectivity index (χ2v) is 6.82. The SMILES string of the molecule is CC1(C)C(O)CCN1C(=O)Cc1cc(Br)cs1. The molecule has 0 saturated carbocycles. The molecule has 1 saturated heterocycles. The Morgan fingerprint density at radius 2 is 2.41 bits per heavy atom. The van der Waals surface area contributed by atoms with Crippen LogP contribution in [0, 0.1) is 0 Å². The first-order valence-electron chi connectivity index (χ1n) is 5.62. The van der Waals surface area contributed by atoms with E-state index in [-0.39, 0.29) is 5.91 Å². The van der Waals surface area contributed by atoms with Crippen LogP contribution in [0.25, 0.3) is 0 Å². The molecule has 1 amide bonds. The van der Waals surface area contributed by atoms with Crippen molar-refractivity contribution in [1.29, 1.82) is 0 Å². The van der Waals surface area contributed by atoms with Gasteiger partial charge < -0.3 is 10.0 Å². The summed E-state index contributed by atoms with van der Waals surface area (Å²) in [5, 5.41) is 11.8. The van der Waals surface area contributed by atoms with E-state index in [1.54, 1.807) is 16.2 Å². The van der Waals surface area contributed by atoms with Crippen molar-refractivity contribution in [3.8, 4) is 0 Å². The summed E-state index contributed by atoms with van der Waals surface area (Å²) in [5.41, 5.74) is -0.439. The van der Waals surface area contributed by atoms with Gasteiger partial charge in [0, 0.05) is 21.3 Å². The van der Waals surface area contributed by atoms with Crippen molar-refractivity contribution in [3.63, 3.8) is 0 Å². The van der Waals surface area contributed by atoms with Crippen LogP contribution in [0.3, 0.4) is 0 Å². The van der Waals surface area contributed by atoms with Crippen molar-refractivity contribution in [2.24, 2.45) is 0 Å². The van der Waals surface area contributed by atoms with Gasteiger partial charge in [-0.1, -0.05) is 0 Å². The van der Waals surface area contributed by atoms with Crippen LogP contribution in [-0.2, 0) is 11.2 Å².